The van der Waals surface area contributed by atoms with E-state index >= 15 is 0 Å². The van der Waals surface area contributed by atoms with Crippen molar-refractivity contribution in [2.45, 2.75) is 25.8 Å². The number of rotatable bonds is 4. The standard InChI is InChI=1S/C23H25N5S/c1-16-9-12-28(22(29)13-17-3-5-18(14-24)6-4-17)15-21(16)27(2)20-8-11-26-23-19(20)7-10-25-23/h3-8,10-11,16,21H,9,12-13,15H2,1-2H3,(H,25,26)/t16-,21?/m1/s1. The highest BCUT2D eigenvalue weighted by molar-refractivity contribution is 7.80. The Labute approximate surface area is 177 Å². The molecule has 6 heteroatoms. The number of thiocarbonyl (C=S) groups is 1. The summed E-state index contributed by atoms with van der Waals surface area (Å²) in [5.74, 6) is 0.580. The van der Waals surface area contributed by atoms with Gasteiger partial charge in [-0.3, -0.25) is 0 Å². The molecule has 1 saturated heterocycles. The van der Waals surface area contributed by atoms with E-state index in [1.54, 1.807) is 0 Å². The van der Waals surface area contributed by atoms with E-state index in [0.29, 0.717) is 17.5 Å². The molecule has 3 heterocycles. The molecule has 29 heavy (non-hydrogen) atoms. The van der Waals surface area contributed by atoms with Gasteiger partial charge in [0.2, 0.25) is 0 Å². The summed E-state index contributed by atoms with van der Waals surface area (Å²) in [4.78, 5) is 13.3. The number of aromatic nitrogens is 2. The van der Waals surface area contributed by atoms with E-state index in [1.165, 1.54) is 5.69 Å². The van der Waals surface area contributed by atoms with E-state index in [4.69, 9.17) is 17.5 Å². The summed E-state index contributed by atoms with van der Waals surface area (Å²) in [5.41, 5.74) is 3.96. The van der Waals surface area contributed by atoms with Crippen molar-refractivity contribution in [1.82, 2.24) is 14.9 Å². The first-order valence-electron chi connectivity index (χ1n) is 9.98. The summed E-state index contributed by atoms with van der Waals surface area (Å²) in [6.45, 7) is 4.25. The highest BCUT2D eigenvalue weighted by Crippen LogP contribution is 2.30. The van der Waals surface area contributed by atoms with E-state index in [0.717, 1.165) is 47.5 Å². The van der Waals surface area contributed by atoms with Gasteiger partial charge in [0.15, 0.2) is 0 Å². The lowest BCUT2D eigenvalue weighted by molar-refractivity contribution is 0.240. The number of nitrogens with zero attached hydrogens (tertiary/aromatic N) is 4. The predicted octanol–water partition coefficient (Wildman–Crippen LogP) is 4.15. The van der Waals surface area contributed by atoms with Crippen LogP contribution in [0.4, 0.5) is 5.69 Å². The molecule has 1 aliphatic heterocycles. The van der Waals surface area contributed by atoms with E-state index in [1.807, 2.05) is 36.7 Å². The molecule has 1 N–H and O–H groups in total. The molecule has 148 valence electrons. The van der Waals surface area contributed by atoms with Crippen LogP contribution in [0.1, 0.15) is 24.5 Å². The second kappa shape index (κ2) is 8.22. The number of pyridine rings is 1. The number of hydrogen-bond donors (Lipinski definition) is 1. The first kappa shape index (κ1) is 19.4. The zero-order chi connectivity index (χ0) is 20.4. The van der Waals surface area contributed by atoms with Crippen molar-refractivity contribution in [3.63, 3.8) is 0 Å². The lowest BCUT2D eigenvalue weighted by Gasteiger charge is -2.43. The molecule has 1 unspecified atom stereocenters. The maximum absolute atomic E-state index is 8.97. The van der Waals surface area contributed by atoms with Crippen molar-refractivity contribution in [3.8, 4) is 6.07 Å². The normalized spacial score (nSPS) is 19.1. The smallest absolute Gasteiger partial charge is 0.139 e. The van der Waals surface area contributed by atoms with E-state index in [-0.39, 0.29) is 0 Å². The van der Waals surface area contributed by atoms with Gasteiger partial charge in [-0.05, 0) is 42.2 Å². The van der Waals surface area contributed by atoms with Gasteiger partial charge in [0.25, 0.3) is 0 Å². The number of nitriles is 1. The van der Waals surface area contributed by atoms with Crippen molar-refractivity contribution in [2.75, 3.05) is 25.0 Å². The number of likely N-dealkylation sites (tertiary alicyclic amines) is 1. The highest BCUT2D eigenvalue weighted by atomic mass is 32.1. The molecule has 0 bridgehead atoms. The van der Waals surface area contributed by atoms with Crippen LogP contribution < -0.4 is 4.90 Å². The lowest BCUT2D eigenvalue weighted by atomic mass is 9.91. The Hall–Kier alpha value is -2.91. The quantitative estimate of drug-likeness (QED) is 0.663. The van der Waals surface area contributed by atoms with Crippen molar-refractivity contribution >= 4 is 33.9 Å². The van der Waals surface area contributed by atoms with Crippen molar-refractivity contribution < 1.29 is 0 Å². The third-order valence-corrected chi connectivity index (χ3v) is 6.43. The summed E-state index contributed by atoms with van der Waals surface area (Å²) >= 11 is 5.80. The Morgan fingerprint density at radius 3 is 2.86 bits per heavy atom. The third-order valence-electron chi connectivity index (χ3n) is 6.02. The third kappa shape index (κ3) is 3.96. The van der Waals surface area contributed by atoms with Crippen LogP contribution in [-0.4, -0.2) is 46.0 Å². The van der Waals surface area contributed by atoms with Crippen LogP contribution in [0, 0.1) is 17.2 Å². The van der Waals surface area contributed by atoms with Crippen LogP contribution in [0.15, 0.2) is 48.8 Å². The second-order valence-corrected chi connectivity index (χ2v) is 8.31. The van der Waals surface area contributed by atoms with Gasteiger partial charge >= 0.3 is 0 Å². The molecular formula is C23H25N5S. The minimum absolute atomic E-state index is 0.378. The van der Waals surface area contributed by atoms with Crippen LogP contribution in [0.2, 0.25) is 0 Å². The Bertz CT molecular complexity index is 1050. The largest absolute Gasteiger partial charge is 0.369 e. The number of H-pyrrole nitrogens is 1. The van der Waals surface area contributed by atoms with Gasteiger partial charge in [-0.25, -0.2) is 4.98 Å². The molecule has 1 aromatic carbocycles. The maximum atomic E-state index is 8.97. The number of benzene rings is 1. The molecule has 1 fully saturated rings. The van der Waals surface area contributed by atoms with Gasteiger partial charge in [0, 0.05) is 56.1 Å². The molecule has 0 saturated carbocycles. The minimum Gasteiger partial charge on any atom is -0.369 e. The van der Waals surface area contributed by atoms with Crippen LogP contribution in [0.25, 0.3) is 11.0 Å². The topological polar surface area (TPSA) is 59.0 Å². The van der Waals surface area contributed by atoms with Crippen molar-refractivity contribution in [3.05, 3.63) is 59.9 Å². The lowest BCUT2D eigenvalue weighted by Crippen LogP contribution is -2.52. The van der Waals surface area contributed by atoms with Gasteiger partial charge in [-0.1, -0.05) is 31.3 Å². The first-order chi connectivity index (χ1) is 14.1. The molecule has 2 aromatic heterocycles. The van der Waals surface area contributed by atoms with Crippen LogP contribution in [-0.2, 0) is 6.42 Å². The molecule has 0 amide bonds. The van der Waals surface area contributed by atoms with Crippen LogP contribution in [0.3, 0.4) is 0 Å². The molecule has 0 aliphatic carbocycles. The minimum atomic E-state index is 0.378. The number of anilines is 1. The van der Waals surface area contributed by atoms with Crippen LogP contribution in [0.5, 0.6) is 0 Å². The van der Waals surface area contributed by atoms with Gasteiger partial charge in [0.05, 0.1) is 16.6 Å². The molecule has 3 aromatic rings. The average Bonchev–Trinajstić information content (AvgIpc) is 3.23. The fraction of sp³-hybridized carbons (Fsp3) is 0.348. The Morgan fingerprint density at radius 1 is 1.31 bits per heavy atom. The van der Waals surface area contributed by atoms with Crippen molar-refractivity contribution in [2.24, 2.45) is 5.92 Å². The molecule has 4 rings (SSSR count). The Balaban J connectivity index is 1.49. The first-order valence-corrected chi connectivity index (χ1v) is 10.4. The average molecular weight is 404 g/mol. The fourth-order valence-electron chi connectivity index (χ4n) is 4.20. The predicted molar refractivity (Wildman–Crippen MR) is 121 cm³/mol. The number of piperidine rings is 1. The molecule has 0 spiro atoms. The molecule has 2 atom stereocenters. The van der Waals surface area contributed by atoms with E-state index in [9.17, 15) is 0 Å². The van der Waals surface area contributed by atoms with Gasteiger partial charge in [0.1, 0.15) is 5.65 Å². The molecule has 0 radical (unpaired) electrons. The SMILES string of the molecule is C[C@@H]1CCN(C(=S)Cc2ccc(C#N)cc2)CC1N(C)c1ccnc2[nH]ccc12. The number of nitrogens with one attached hydrogen (secondary N) is 1. The highest BCUT2D eigenvalue weighted by Gasteiger charge is 2.31. The summed E-state index contributed by atoms with van der Waals surface area (Å²) in [6.07, 6.45) is 5.66. The van der Waals surface area contributed by atoms with Gasteiger partial charge in [-0.15, -0.1) is 0 Å². The fourth-order valence-corrected chi connectivity index (χ4v) is 4.53. The Kier molecular flexibility index (Phi) is 5.50. The van der Waals surface area contributed by atoms with E-state index < -0.39 is 0 Å². The summed E-state index contributed by atoms with van der Waals surface area (Å²) in [6, 6.07) is 14.4. The zero-order valence-electron chi connectivity index (χ0n) is 16.8. The monoisotopic (exact) mass is 403 g/mol. The maximum Gasteiger partial charge on any atom is 0.139 e. The van der Waals surface area contributed by atoms with Crippen LogP contribution >= 0.6 is 12.2 Å². The number of aromatic amines is 1. The number of hydrogen-bond acceptors (Lipinski definition) is 4. The van der Waals surface area contributed by atoms with Gasteiger partial charge < -0.3 is 14.8 Å². The van der Waals surface area contributed by atoms with E-state index in [2.05, 4.69) is 51.9 Å². The second-order valence-electron chi connectivity index (χ2n) is 7.84. The zero-order valence-corrected chi connectivity index (χ0v) is 17.6. The Morgan fingerprint density at radius 2 is 2.10 bits per heavy atom. The number of likely N-dealkylation sites (N-methyl/N-ethyl adjacent to an activating group) is 1. The summed E-state index contributed by atoms with van der Waals surface area (Å²) in [5, 5.41) is 10.1. The molecule has 5 nitrogen and oxygen atoms in total. The summed E-state index contributed by atoms with van der Waals surface area (Å²) in [7, 11) is 2.18. The number of fused-ring (bicyclic) bond motifs is 1. The molecular weight excluding hydrogens is 378 g/mol. The van der Waals surface area contributed by atoms with Gasteiger partial charge in [-0.2, -0.15) is 5.26 Å². The van der Waals surface area contributed by atoms with Crippen molar-refractivity contribution in [1.29, 1.82) is 5.26 Å². The summed E-state index contributed by atoms with van der Waals surface area (Å²) < 4.78 is 0. The molecule has 1 aliphatic rings.